The van der Waals surface area contributed by atoms with Gasteiger partial charge in [-0.25, -0.2) is 44.3 Å². The molecule has 5 aliphatic rings. The number of unbranched alkanes of at least 4 members (excludes halogenated alkanes) is 2. The summed E-state index contributed by atoms with van der Waals surface area (Å²) in [6.45, 7) is 9.91. The zero-order valence-corrected chi connectivity index (χ0v) is 79.1. The second-order valence-corrected chi connectivity index (χ2v) is 40.9. The number of sulfone groups is 1. The molecular weight excluding hydrogens is 1850 g/mol. The Morgan fingerprint density at radius 1 is 0.450 bits per heavy atom. The van der Waals surface area contributed by atoms with Gasteiger partial charge in [0.25, 0.3) is 29.5 Å². The quantitative estimate of drug-likeness (QED) is 0.0132. The highest BCUT2D eigenvalue weighted by Crippen LogP contribution is 2.43. The number of aliphatic hydroxyl groups excluding tert-OH is 4. The van der Waals surface area contributed by atoms with Crippen LogP contribution >= 0.6 is 69.6 Å². The van der Waals surface area contributed by atoms with Crippen LogP contribution in [0.5, 0.6) is 0 Å². The topological polar surface area (TPSA) is 426 Å². The number of fused-ring (bicyclic) bond motifs is 3. The molecule has 5 amide bonds. The van der Waals surface area contributed by atoms with Gasteiger partial charge in [0, 0.05) is 139 Å². The van der Waals surface area contributed by atoms with Gasteiger partial charge in [0.1, 0.15) is 6.10 Å². The van der Waals surface area contributed by atoms with Crippen molar-refractivity contribution in [3.05, 3.63) is 189 Å². The molecule has 7 atom stereocenters. The van der Waals surface area contributed by atoms with Crippen LogP contribution in [0.15, 0.2) is 124 Å². The fourth-order valence-electron chi connectivity index (χ4n) is 15.6. The first kappa shape index (κ1) is 107. The summed E-state index contributed by atoms with van der Waals surface area (Å²) in [6, 6.07) is 32.3. The predicted octanol–water partition coefficient (Wildman–Crippen LogP) is 8.29. The number of Topliss-reactive ketones (excluding diaryl/α,β-unsaturated/α-hetero) is 1. The molecule has 9 N–H and O–H groups in total. The average molecular weight is 1970 g/mol. The summed E-state index contributed by atoms with van der Waals surface area (Å²) in [7, 11) is 0.956. The predicted molar refractivity (Wildman–Crippen MR) is 492 cm³/mol. The molecule has 3 unspecified atom stereocenters. The van der Waals surface area contributed by atoms with Gasteiger partial charge in [0.2, 0.25) is 20.0 Å². The van der Waals surface area contributed by atoms with Crippen LogP contribution in [0.4, 0.5) is 0 Å². The lowest BCUT2D eigenvalue weighted by atomic mass is 9.85. The third-order valence-corrected chi connectivity index (χ3v) is 28.9. The van der Waals surface area contributed by atoms with Gasteiger partial charge in [-0.3, -0.25) is 28.8 Å². The van der Waals surface area contributed by atoms with Crippen LogP contribution in [0.1, 0.15) is 159 Å². The van der Waals surface area contributed by atoms with Crippen molar-refractivity contribution in [3.63, 3.8) is 0 Å². The molecule has 0 saturated carbocycles. The van der Waals surface area contributed by atoms with Gasteiger partial charge in [-0.15, -0.1) is 10.1 Å². The van der Waals surface area contributed by atoms with Crippen molar-refractivity contribution >= 4 is 147 Å². The van der Waals surface area contributed by atoms with Gasteiger partial charge < -0.3 is 70.6 Å². The van der Waals surface area contributed by atoms with E-state index in [-0.39, 0.29) is 101 Å². The molecular formula is C88H116Cl6N12O20S3. The Bertz CT molecular complexity index is 5050. The third kappa shape index (κ3) is 30.4. The van der Waals surface area contributed by atoms with E-state index in [1.807, 2.05) is 83.6 Å². The van der Waals surface area contributed by atoms with Crippen molar-refractivity contribution in [1.82, 2.24) is 54.3 Å². The van der Waals surface area contributed by atoms with E-state index in [0.29, 0.717) is 134 Å². The Morgan fingerprint density at radius 2 is 0.783 bits per heavy atom. The minimum atomic E-state index is -3.79. The second-order valence-electron chi connectivity index (χ2n) is 32.7. The van der Waals surface area contributed by atoms with Crippen LogP contribution in [0.2, 0.25) is 30.1 Å². The number of hydrogen-bond donors (Lipinski definition) is 8. The molecule has 32 nitrogen and oxygen atoms in total. The average Bonchev–Trinajstić information content (AvgIpc) is 1.17. The first-order chi connectivity index (χ1) is 60.6. The zero-order chi connectivity index (χ0) is 93.6. The van der Waals surface area contributed by atoms with E-state index in [4.69, 9.17) is 75.3 Å². The number of halogens is 6. The normalized spacial score (nSPS) is 17.8. The summed E-state index contributed by atoms with van der Waals surface area (Å²) >= 11 is 38.5. The number of sulfonamides is 2. The molecule has 0 radical (unpaired) electrons. The van der Waals surface area contributed by atoms with Gasteiger partial charge >= 0.3 is 11.9 Å². The maximum atomic E-state index is 13.4. The van der Waals surface area contributed by atoms with E-state index in [0.717, 1.165) is 89.1 Å². The van der Waals surface area contributed by atoms with Crippen LogP contribution in [0.25, 0.3) is 0 Å². The molecule has 41 heteroatoms. The molecule has 2 saturated heterocycles. The molecule has 708 valence electrons. The highest BCUT2D eigenvalue weighted by Gasteiger charge is 2.43. The van der Waals surface area contributed by atoms with E-state index in [9.17, 15) is 84.0 Å². The molecule has 5 heterocycles. The van der Waals surface area contributed by atoms with Gasteiger partial charge in [-0.05, 0) is 262 Å². The number of hydrogen-bond acceptors (Lipinski definition) is 27. The molecule has 0 spiro atoms. The van der Waals surface area contributed by atoms with Gasteiger partial charge in [-0.1, -0.05) is 113 Å². The van der Waals surface area contributed by atoms with Crippen molar-refractivity contribution < 1.29 is 93.7 Å². The SMILES string of the molecule is C.CN(CCCCC(=O)[C@H](O)[C@@H](O)C(=O)NCCCN(C)CCCNS(=O)(=O)c1cccc(C2CN(C)Cc3c(Cl)cc(Cl)cc32)c1)CCCCS(=O)(=O)c1cccc(C2CN(C)Cc3c(Cl)cc(Cl)cc32)c1.CN(CCCN)CCCNS(=O)(=O)c1cccc(C2CN(C)Cc3c(Cl)cc(Cl)cc32)c1.O=C(ON1C(=O)CCC1=O)[C@H](O)[C@@H](O)C(=O)ON1C(=O)CCC1=O. The Morgan fingerprint density at radius 3 is 1.16 bits per heavy atom. The summed E-state index contributed by atoms with van der Waals surface area (Å²) < 4.78 is 84.7. The monoisotopic (exact) mass is 1970 g/mol. The lowest BCUT2D eigenvalue weighted by Crippen LogP contribution is -2.47. The molecule has 0 bridgehead atoms. The standard InChI is InChI=1S/C52H68Cl4N6O8S2.C23H32Cl2N4O2S.C12H12N2O10.CH4/c1-59(21-7-8-24-71(67,68)39-15-9-13-35(25-39)43-31-61(3)33-45-41(43)27-37(53)29-47(45)55)20-6-5-17-49(63)50(64)51(65)52(66)57-18-11-22-60(2)23-12-19-58-72(69,70)40-16-10-14-36(26-40)44-32-62(4)34-46-42(44)28-38(54)30-48(46)56;1-28(10-4-8-26)11-5-9-27-32(30,31)19-7-3-6-17(12-19)21-15-29(2)16-22-20(21)13-18(24)14-23(22)25;15-5-1-2-6(16)13(5)23-11(21)9(19)10(20)12(22)24-14-7(17)3-4-8(14)18;/h9-10,13-16,25-30,43-44,50-51,58,64-65H,5-8,11-12,17-24,31-34H2,1-4H3,(H,57,66);3,6-7,12-14,21,27H,4-5,8-11,15-16,26H2,1-2H3;9-10,19-20H,1-4H2;1H4/t43?,44?,50-,51+;;9-,10-;/m0.1./s1. The number of ketones is 1. The largest absolute Gasteiger partial charge is 0.382 e. The van der Waals surface area contributed by atoms with Gasteiger partial charge in [0.15, 0.2) is 33.9 Å². The van der Waals surface area contributed by atoms with Crippen molar-refractivity contribution in [1.29, 1.82) is 0 Å². The molecule has 129 heavy (non-hydrogen) atoms. The van der Waals surface area contributed by atoms with E-state index in [1.54, 1.807) is 72.8 Å². The van der Waals surface area contributed by atoms with Crippen molar-refractivity contribution in [3.8, 4) is 0 Å². The summed E-state index contributed by atoms with van der Waals surface area (Å²) in [4.78, 5) is 116. The summed E-state index contributed by atoms with van der Waals surface area (Å²) in [5, 5.41) is 46.2. The first-order valence-electron chi connectivity index (χ1n) is 42.0. The van der Waals surface area contributed by atoms with Crippen LogP contribution in [0.3, 0.4) is 0 Å². The van der Waals surface area contributed by atoms with Gasteiger partial charge in [-0.2, -0.15) is 0 Å². The summed E-state index contributed by atoms with van der Waals surface area (Å²) in [5.41, 5.74) is 14.3. The molecule has 6 aromatic rings. The number of benzene rings is 6. The molecule has 2 fully saturated rings. The summed E-state index contributed by atoms with van der Waals surface area (Å²) in [6.07, 6.45) is -4.58. The maximum absolute atomic E-state index is 13.4. The lowest BCUT2D eigenvalue weighted by Gasteiger charge is -2.33. The number of hydroxylamine groups is 4. The fraction of sp³-hybridized carbons (Fsp3) is 0.500. The van der Waals surface area contributed by atoms with Crippen LogP contribution < -0.4 is 20.5 Å². The number of nitrogens with zero attached hydrogens (tertiary/aromatic N) is 8. The summed E-state index contributed by atoms with van der Waals surface area (Å²) in [5.74, 6) is -8.27. The number of carbonyl (C=O) groups is 8. The number of nitrogens with one attached hydrogen (secondary N) is 3. The third-order valence-electron chi connectivity index (χ3n) is 22.5. The van der Waals surface area contributed by atoms with Crippen molar-refractivity contribution in [2.75, 3.05) is 133 Å². The van der Waals surface area contributed by atoms with Crippen molar-refractivity contribution in [2.45, 2.75) is 167 Å². The first-order valence-corrected chi connectivity index (χ1v) is 48.9. The highest BCUT2D eigenvalue weighted by molar-refractivity contribution is 7.91. The highest BCUT2D eigenvalue weighted by atomic mass is 35.5. The lowest BCUT2D eigenvalue weighted by molar-refractivity contribution is -0.216. The molecule has 0 aliphatic carbocycles. The van der Waals surface area contributed by atoms with E-state index in [1.165, 1.54) is 0 Å². The van der Waals surface area contributed by atoms with Crippen LogP contribution in [-0.2, 0) is 97.5 Å². The second kappa shape index (κ2) is 49.6. The van der Waals surface area contributed by atoms with Crippen LogP contribution in [0, 0.1) is 0 Å². The number of rotatable bonds is 41. The molecule has 5 aliphatic heterocycles. The van der Waals surface area contributed by atoms with Crippen LogP contribution in [-0.4, -0.2) is 290 Å². The Balaban J connectivity index is 0.000000293. The fourth-order valence-corrected chi connectivity index (χ4v) is 20.9. The maximum Gasteiger partial charge on any atom is 0.364 e. The Kier molecular flexibility index (Phi) is 41.2. The number of aliphatic hydroxyl groups is 4. The number of carbonyl (C=O) groups excluding carboxylic acids is 8. The number of nitrogens with two attached hydrogens (primary N) is 1. The molecule has 11 rings (SSSR count). The number of likely N-dealkylation sites (N-methyl/N-ethyl adjacent to an activating group) is 3. The number of imide groups is 2. The van der Waals surface area contributed by atoms with E-state index >= 15 is 0 Å². The Labute approximate surface area is 784 Å². The van der Waals surface area contributed by atoms with Gasteiger partial charge in [0.05, 0.1) is 20.4 Å². The van der Waals surface area contributed by atoms with E-state index in [2.05, 4.69) is 48.9 Å². The molecule has 6 aromatic carbocycles. The number of amides is 5. The minimum absolute atomic E-state index is 0. The molecule has 0 aromatic heterocycles. The van der Waals surface area contributed by atoms with Crippen molar-refractivity contribution in [2.24, 2.45) is 5.73 Å². The van der Waals surface area contributed by atoms with E-state index < -0.39 is 102 Å². The Hall–Kier alpha value is -7.25. The minimum Gasteiger partial charge on any atom is -0.382 e. The smallest absolute Gasteiger partial charge is 0.364 e. The zero-order valence-electron chi connectivity index (χ0n) is 72.1.